The lowest BCUT2D eigenvalue weighted by Gasteiger charge is -2.49. The summed E-state index contributed by atoms with van der Waals surface area (Å²) in [6.45, 7) is 10.7. The number of nitrogens with one attached hydrogen (secondary N) is 1. The van der Waals surface area contributed by atoms with Gasteiger partial charge in [-0.1, -0.05) is 36.4 Å². The van der Waals surface area contributed by atoms with Crippen molar-refractivity contribution in [1.29, 1.82) is 0 Å². The van der Waals surface area contributed by atoms with Gasteiger partial charge in [-0.15, -0.1) is 0 Å². The summed E-state index contributed by atoms with van der Waals surface area (Å²) in [6, 6.07) is 16.0. The zero-order valence-corrected chi connectivity index (χ0v) is 30.5. The van der Waals surface area contributed by atoms with Gasteiger partial charge >= 0.3 is 16.4 Å². The maximum atomic E-state index is 12.6. The van der Waals surface area contributed by atoms with E-state index in [0.29, 0.717) is 35.8 Å². The number of carbonyl (C=O) groups excluding carboxylic acids is 1. The lowest BCUT2D eigenvalue weighted by molar-refractivity contribution is -0.968. The Kier molecular flexibility index (Phi) is 16.9. The number of carbonyl (C=O) groups is 1. The van der Waals surface area contributed by atoms with E-state index < -0.39 is 22.4 Å². The first-order valence-electron chi connectivity index (χ1n) is 15.6. The summed E-state index contributed by atoms with van der Waals surface area (Å²) in [7, 11) is -2.30. The standard InChI is InChI=1S/C20H30NO3.C13H21NO3.BrH.H2O4S/c1-14(2)21(3)16-9-10-17(21)12-18(11-16)24-20(23)19(13-22)15-7-5-4-6-8-15;1-13(2,3)14-7-12(17)9-4-5-11(16)10(6-9)8-15;;1-5(2,3)4/h4-8,14,16-19,22H,9-13H2,1-3H3;4-6,12,14-17H,7-8H2,1-3H3;1H;(H2,1,2,3,4)/q+1;;;/p-1/t16-,17+,18+,19?,21?;;;. The van der Waals surface area contributed by atoms with Crippen molar-refractivity contribution in [3.8, 4) is 5.75 Å². The van der Waals surface area contributed by atoms with Crippen LogP contribution in [0.3, 0.4) is 0 Å². The molecule has 3 unspecified atom stereocenters. The van der Waals surface area contributed by atoms with Crippen LogP contribution in [0.15, 0.2) is 48.5 Å². The highest BCUT2D eigenvalue weighted by molar-refractivity contribution is 7.79. The Hall–Kier alpha value is -2.14. The lowest BCUT2D eigenvalue weighted by Crippen LogP contribution is -3.00. The van der Waals surface area contributed by atoms with Gasteiger partial charge in [-0.25, -0.2) is 0 Å². The molecule has 0 amide bonds. The van der Waals surface area contributed by atoms with Crippen molar-refractivity contribution in [2.24, 2.45) is 0 Å². The number of halogens is 1. The number of ether oxygens (including phenoxy) is 1. The van der Waals surface area contributed by atoms with Crippen molar-refractivity contribution in [2.75, 3.05) is 20.2 Å². The maximum absolute atomic E-state index is 12.6. The lowest BCUT2D eigenvalue weighted by atomic mass is 9.94. The maximum Gasteiger partial charge on any atom is 0.394 e. The minimum Gasteiger partial charge on any atom is -1.00 e. The molecule has 268 valence electrons. The zero-order valence-electron chi connectivity index (χ0n) is 28.1. The molecule has 14 heteroatoms. The quantitative estimate of drug-likeness (QED) is 0.107. The van der Waals surface area contributed by atoms with Crippen LogP contribution in [0, 0.1) is 0 Å². The van der Waals surface area contributed by atoms with Crippen LogP contribution < -0.4 is 22.3 Å². The van der Waals surface area contributed by atoms with Crippen molar-refractivity contribution < 1.29 is 68.9 Å². The van der Waals surface area contributed by atoms with E-state index in [1.165, 1.54) is 18.9 Å². The first-order chi connectivity index (χ1) is 21.3. The van der Waals surface area contributed by atoms with Gasteiger partial charge in [-0.05, 0) is 57.9 Å². The number of fused-ring (bicyclic) bond motifs is 2. The molecule has 2 heterocycles. The SMILES string of the molecule is CC(C)(C)NCC(O)c1ccc(O)c(CO)c1.CC(C)[N+]1(C)[C@@H]2CC[C@H]1C[C@@H](OC(=O)C(CO)c1ccccc1)C2.O=S(=O)(O)O.[Br-]. The van der Waals surface area contributed by atoms with Gasteiger partial charge in [0.1, 0.15) is 17.8 Å². The third-order valence-corrected chi connectivity index (χ3v) is 9.03. The largest absolute Gasteiger partial charge is 1.00 e. The minimum absolute atomic E-state index is 0. The van der Waals surface area contributed by atoms with Crippen molar-refractivity contribution in [1.82, 2.24) is 5.32 Å². The number of hydrogen-bond acceptors (Lipinski definition) is 9. The number of quaternary nitrogens is 1. The normalized spacial score (nSPS) is 23.3. The Bertz CT molecular complexity index is 1330. The Morgan fingerprint density at radius 2 is 1.53 bits per heavy atom. The molecule has 7 N–H and O–H groups in total. The molecule has 0 saturated carbocycles. The van der Waals surface area contributed by atoms with Crippen LogP contribution in [0.1, 0.15) is 89.0 Å². The molecule has 0 aliphatic carbocycles. The summed E-state index contributed by atoms with van der Waals surface area (Å²) in [5.41, 5.74) is 1.88. The Balaban J connectivity index is 0.000000421. The van der Waals surface area contributed by atoms with Gasteiger partial charge in [-0.2, -0.15) is 8.42 Å². The van der Waals surface area contributed by atoms with Crippen LogP contribution in [0.2, 0.25) is 0 Å². The Labute approximate surface area is 289 Å². The average Bonchev–Trinajstić information content (AvgIpc) is 3.12. The molecule has 2 fully saturated rings. The Morgan fingerprint density at radius 3 is 1.98 bits per heavy atom. The highest BCUT2D eigenvalue weighted by atomic mass is 79.9. The number of phenols is 1. The molecule has 4 rings (SSSR count). The van der Waals surface area contributed by atoms with Gasteiger partial charge in [0.15, 0.2) is 0 Å². The third-order valence-electron chi connectivity index (χ3n) is 9.03. The Morgan fingerprint density at radius 1 is 1.00 bits per heavy atom. The topological polar surface area (TPSA) is 194 Å². The smallest absolute Gasteiger partial charge is 0.394 e. The third kappa shape index (κ3) is 13.4. The number of nitrogens with zero attached hydrogens (tertiary/aromatic N) is 1. The van der Waals surface area contributed by atoms with Gasteiger partial charge in [0.25, 0.3) is 0 Å². The number of β-amino-alcohol motifs (C(OH)–C–C–N with tert-alkyl or cyclic N) is 1. The predicted molar refractivity (Wildman–Crippen MR) is 174 cm³/mol. The zero-order chi connectivity index (χ0) is 34.9. The first-order valence-corrected chi connectivity index (χ1v) is 17.0. The van der Waals surface area contributed by atoms with Gasteiger partial charge in [-0.3, -0.25) is 13.9 Å². The van der Waals surface area contributed by atoms with Crippen molar-refractivity contribution >= 4 is 16.4 Å². The van der Waals surface area contributed by atoms with E-state index in [4.69, 9.17) is 27.4 Å². The van der Waals surface area contributed by atoms with Crippen LogP contribution in [-0.4, -0.2) is 98.4 Å². The minimum atomic E-state index is -4.67. The molecule has 2 saturated heterocycles. The second kappa shape index (κ2) is 18.6. The second-order valence-electron chi connectivity index (χ2n) is 13.5. The van der Waals surface area contributed by atoms with E-state index in [0.717, 1.165) is 22.9 Å². The van der Waals surface area contributed by atoms with Crippen molar-refractivity contribution in [2.45, 2.75) is 109 Å². The molecule has 2 aromatic rings. The van der Waals surface area contributed by atoms with E-state index in [1.54, 1.807) is 12.1 Å². The number of aromatic hydroxyl groups is 1. The van der Waals surface area contributed by atoms with Crippen LogP contribution in [-0.2, 0) is 26.5 Å². The number of rotatable bonds is 9. The number of aliphatic hydroxyl groups excluding tert-OH is 3. The molecule has 2 aliphatic heterocycles. The highest BCUT2D eigenvalue weighted by Crippen LogP contribution is 2.44. The number of piperidine rings is 1. The summed E-state index contributed by atoms with van der Waals surface area (Å²) in [5, 5.41) is 41.3. The van der Waals surface area contributed by atoms with Gasteiger partial charge in [0.05, 0.1) is 44.5 Å². The summed E-state index contributed by atoms with van der Waals surface area (Å²) >= 11 is 0. The second-order valence-corrected chi connectivity index (χ2v) is 14.4. The molecule has 12 nitrogen and oxygen atoms in total. The number of hydrogen-bond donors (Lipinski definition) is 7. The van der Waals surface area contributed by atoms with Crippen molar-refractivity contribution in [3.05, 3.63) is 65.2 Å². The molecule has 2 bridgehead atoms. The molecular weight excluding hydrogens is 696 g/mol. The molecule has 6 atom stereocenters. The summed E-state index contributed by atoms with van der Waals surface area (Å²) in [4.78, 5) is 12.6. The fourth-order valence-corrected chi connectivity index (χ4v) is 6.28. The van der Waals surface area contributed by atoms with E-state index in [-0.39, 0.29) is 53.6 Å². The van der Waals surface area contributed by atoms with Crippen LogP contribution >= 0.6 is 0 Å². The number of esters is 1. The van der Waals surface area contributed by atoms with Crippen LogP contribution in [0.4, 0.5) is 0 Å². The monoisotopic (exact) mass is 748 g/mol. The van der Waals surface area contributed by atoms with Gasteiger partial charge in [0, 0.05) is 43.3 Å². The van der Waals surface area contributed by atoms with Crippen LogP contribution in [0.5, 0.6) is 5.75 Å². The summed E-state index contributed by atoms with van der Waals surface area (Å²) < 4.78 is 38.5. The van der Waals surface area contributed by atoms with E-state index in [9.17, 15) is 20.1 Å². The molecule has 2 aliphatic rings. The average molecular weight is 750 g/mol. The van der Waals surface area contributed by atoms with Crippen LogP contribution in [0.25, 0.3) is 0 Å². The van der Waals surface area contributed by atoms with Gasteiger partial charge < -0.3 is 51.9 Å². The molecule has 0 radical (unpaired) electrons. The fourth-order valence-electron chi connectivity index (χ4n) is 6.28. The highest BCUT2D eigenvalue weighted by Gasteiger charge is 2.53. The summed E-state index contributed by atoms with van der Waals surface area (Å²) in [6.07, 6.45) is 3.71. The molecule has 0 spiro atoms. The summed E-state index contributed by atoms with van der Waals surface area (Å²) in [5.74, 6) is -0.808. The van der Waals surface area contributed by atoms with E-state index in [1.807, 2.05) is 51.1 Å². The van der Waals surface area contributed by atoms with E-state index >= 15 is 0 Å². The molecule has 47 heavy (non-hydrogen) atoms. The molecule has 0 aromatic heterocycles. The predicted octanol–water partition coefficient (Wildman–Crippen LogP) is 0.511. The molecule has 2 aromatic carbocycles. The fraction of sp³-hybridized carbons (Fsp3) is 0.606. The first kappa shape index (κ1) is 42.9. The van der Waals surface area contributed by atoms with Crippen molar-refractivity contribution in [3.63, 3.8) is 0 Å². The van der Waals surface area contributed by atoms with E-state index in [2.05, 4.69) is 26.2 Å². The van der Waals surface area contributed by atoms with Gasteiger partial charge in [0.2, 0.25) is 0 Å². The number of aliphatic hydroxyl groups is 3. The number of benzene rings is 2. The molecular formula is C33H53BrN2O10S.